The number of thioether (sulfide) groups is 1. The Balaban J connectivity index is 0.00000324. The van der Waals surface area contributed by atoms with Gasteiger partial charge in [-0.05, 0) is 44.9 Å². The molecule has 0 radical (unpaired) electrons. The maximum absolute atomic E-state index is 12.4. The van der Waals surface area contributed by atoms with Gasteiger partial charge in [0.15, 0.2) is 0 Å². The van der Waals surface area contributed by atoms with E-state index in [-0.39, 0.29) is 28.6 Å². The van der Waals surface area contributed by atoms with Crippen molar-refractivity contribution in [1.82, 2.24) is 10.6 Å². The Labute approximate surface area is 128 Å². The van der Waals surface area contributed by atoms with Crippen LogP contribution in [0.2, 0.25) is 0 Å². The van der Waals surface area contributed by atoms with Gasteiger partial charge in [-0.1, -0.05) is 20.8 Å². The molecule has 2 N–H and O–H groups in total. The minimum atomic E-state index is -0.300. The summed E-state index contributed by atoms with van der Waals surface area (Å²) in [6.45, 7) is 8.25. The second kappa shape index (κ2) is 8.38. The minimum Gasteiger partial charge on any atom is -0.353 e. The number of hydrogen-bond acceptors (Lipinski definition) is 3. The third-order valence-electron chi connectivity index (χ3n) is 4.57. The summed E-state index contributed by atoms with van der Waals surface area (Å²) in [7, 11) is 0. The molecule has 1 atom stereocenters. The van der Waals surface area contributed by atoms with E-state index in [2.05, 4.69) is 37.7 Å². The van der Waals surface area contributed by atoms with E-state index in [1.807, 2.05) is 11.8 Å². The Morgan fingerprint density at radius 1 is 1.37 bits per heavy atom. The van der Waals surface area contributed by atoms with E-state index < -0.39 is 0 Å². The number of amides is 1. The lowest BCUT2D eigenvalue weighted by Crippen LogP contribution is -2.55. The van der Waals surface area contributed by atoms with E-state index in [0.29, 0.717) is 0 Å². The second-order valence-electron chi connectivity index (χ2n) is 5.24. The van der Waals surface area contributed by atoms with Gasteiger partial charge in [-0.3, -0.25) is 4.79 Å². The van der Waals surface area contributed by atoms with Crippen LogP contribution in [0.5, 0.6) is 0 Å². The van der Waals surface area contributed by atoms with E-state index in [1.54, 1.807) is 0 Å². The summed E-state index contributed by atoms with van der Waals surface area (Å²) in [5.41, 5.74) is -0.300. The van der Waals surface area contributed by atoms with Gasteiger partial charge in [0.2, 0.25) is 5.91 Å². The fraction of sp³-hybridized carbons (Fsp3) is 0.929. The van der Waals surface area contributed by atoms with Crippen LogP contribution in [0.1, 0.15) is 52.9 Å². The van der Waals surface area contributed by atoms with E-state index in [9.17, 15) is 4.79 Å². The Morgan fingerprint density at radius 2 is 2.00 bits per heavy atom. The van der Waals surface area contributed by atoms with Crippen molar-refractivity contribution >= 4 is 30.1 Å². The Kier molecular flexibility index (Phi) is 8.41. The van der Waals surface area contributed by atoms with Crippen LogP contribution in [0.15, 0.2) is 0 Å². The van der Waals surface area contributed by atoms with Crippen LogP contribution in [-0.4, -0.2) is 35.5 Å². The third kappa shape index (κ3) is 4.27. The molecule has 19 heavy (non-hydrogen) atoms. The number of halogens is 1. The lowest BCUT2D eigenvalue weighted by Gasteiger charge is -2.33. The number of carbonyl (C=O) groups excluding carboxylic acids is 1. The summed E-state index contributed by atoms with van der Waals surface area (Å²) >= 11 is 1.87. The SMILES string of the molecule is CCC(CC)(CNC(=O)C1(CC)CCCN1)SC.Cl. The van der Waals surface area contributed by atoms with E-state index in [1.165, 1.54) is 0 Å². The highest BCUT2D eigenvalue weighted by atomic mass is 35.5. The Morgan fingerprint density at radius 3 is 2.37 bits per heavy atom. The average molecular weight is 309 g/mol. The molecule has 1 heterocycles. The van der Waals surface area contributed by atoms with Crippen molar-refractivity contribution in [2.24, 2.45) is 0 Å². The van der Waals surface area contributed by atoms with Crippen LogP contribution in [0.25, 0.3) is 0 Å². The largest absolute Gasteiger partial charge is 0.353 e. The number of rotatable bonds is 7. The molecule has 5 heteroatoms. The molecule has 1 amide bonds. The summed E-state index contributed by atoms with van der Waals surface area (Å²) in [6.07, 6.45) is 7.29. The molecular weight excluding hydrogens is 280 g/mol. The van der Waals surface area contributed by atoms with Crippen molar-refractivity contribution in [1.29, 1.82) is 0 Å². The molecule has 0 aromatic heterocycles. The van der Waals surface area contributed by atoms with Crippen molar-refractivity contribution in [3.05, 3.63) is 0 Å². The van der Waals surface area contributed by atoms with Gasteiger partial charge in [0.25, 0.3) is 0 Å². The minimum absolute atomic E-state index is 0. The molecule has 114 valence electrons. The molecule has 1 aliphatic rings. The number of hydrogen-bond donors (Lipinski definition) is 2. The van der Waals surface area contributed by atoms with Gasteiger partial charge in [0.1, 0.15) is 0 Å². The zero-order valence-electron chi connectivity index (χ0n) is 12.7. The smallest absolute Gasteiger partial charge is 0.240 e. The first-order valence-electron chi connectivity index (χ1n) is 7.16. The van der Waals surface area contributed by atoms with Crippen LogP contribution in [-0.2, 0) is 4.79 Å². The highest BCUT2D eigenvalue weighted by Crippen LogP contribution is 2.30. The first-order valence-corrected chi connectivity index (χ1v) is 8.39. The van der Waals surface area contributed by atoms with Gasteiger partial charge in [-0.25, -0.2) is 0 Å². The zero-order valence-corrected chi connectivity index (χ0v) is 14.3. The van der Waals surface area contributed by atoms with E-state index >= 15 is 0 Å². The summed E-state index contributed by atoms with van der Waals surface area (Å²) in [5, 5.41) is 6.58. The standard InChI is InChI=1S/C14H28N2OS.ClH/c1-5-13(6-2,18-4)11-15-12(17)14(7-3)9-8-10-16-14;/h16H,5-11H2,1-4H3,(H,15,17);1H. The maximum Gasteiger partial charge on any atom is 0.240 e. The Bertz CT molecular complexity index is 268. The normalized spacial score (nSPS) is 22.9. The van der Waals surface area contributed by atoms with Gasteiger partial charge in [-0.2, -0.15) is 11.8 Å². The molecule has 3 nitrogen and oxygen atoms in total. The van der Waals surface area contributed by atoms with Crippen molar-refractivity contribution in [3.63, 3.8) is 0 Å². The zero-order chi connectivity index (χ0) is 13.6. The van der Waals surface area contributed by atoms with E-state index in [0.717, 1.165) is 45.2 Å². The van der Waals surface area contributed by atoms with Crippen molar-refractivity contribution in [2.75, 3.05) is 19.3 Å². The van der Waals surface area contributed by atoms with Crippen molar-refractivity contribution in [3.8, 4) is 0 Å². The number of nitrogens with one attached hydrogen (secondary N) is 2. The lowest BCUT2D eigenvalue weighted by molar-refractivity contribution is -0.127. The summed E-state index contributed by atoms with van der Waals surface area (Å²) in [6, 6.07) is 0. The molecule has 0 aromatic rings. The van der Waals surface area contributed by atoms with Crippen LogP contribution in [0.4, 0.5) is 0 Å². The predicted molar refractivity (Wildman–Crippen MR) is 87.3 cm³/mol. The molecule has 0 bridgehead atoms. The van der Waals surface area contributed by atoms with Crippen LogP contribution in [0.3, 0.4) is 0 Å². The topological polar surface area (TPSA) is 41.1 Å². The first kappa shape index (κ1) is 19.1. The van der Waals surface area contributed by atoms with Gasteiger partial charge >= 0.3 is 0 Å². The monoisotopic (exact) mass is 308 g/mol. The molecule has 1 saturated heterocycles. The third-order valence-corrected chi connectivity index (χ3v) is 6.16. The van der Waals surface area contributed by atoms with Crippen LogP contribution in [0, 0.1) is 0 Å². The average Bonchev–Trinajstić information content (AvgIpc) is 2.91. The molecule has 0 spiro atoms. The molecule has 0 aromatic carbocycles. The first-order chi connectivity index (χ1) is 8.58. The molecule has 0 aliphatic carbocycles. The quantitative estimate of drug-likeness (QED) is 0.760. The van der Waals surface area contributed by atoms with Crippen LogP contribution < -0.4 is 10.6 Å². The predicted octanol–water partition coefficient (Wildman–Crippen LogP) is 2.98. The van der Waals surface area contributed by atoms with Crippen LogP contribution >= 0.6 is 24.2 Å². The molecular formula is C14H29ClN2OS. The fourth-order valence-electron chi connectivity index (χ4n) is 2.73. The van der Waals surface area contributed by atoms with Gasteiger partial charge in [-0.15, -0.1) is 12.4 Å². The highest BCUT2D eigenvalue weighted by Gasteiger charge is 2.39. The molecule has 1 aliphatic heterocycles. The van der Waals surface area contributed by atoms with Crippen molar-refractivity contribution < 1.29 is 4.79 Å². The Hall–Kier alpha value is 0.0700. The molecule has 1 fully saturated rings. The van der Waals surface area contributed by atoms with Gasteiger partial charge in [0.05, 0.1) is 5.54 Å². The summed E-state index contributed by atoms with van der Waals surface area (Å²) in [4.78, 5) is 12.4. The fourth-order valence-corrected chi connectivity index (χ4v) is 3.53. The second-order valence-corrected chi connectivity index (χ2v) is 6.52. The van der Waals surface area contributed by atoms with Gasteiger partial charge < -0.3 is 10.6 Å². The van der Waals surface area contributed by atoms with Crippen molar-refractivity contribution in [2.45, 2.75) is 63.2 Å². The molecule has 0 saturated carbocycles. The number of carbonyl (C=O) groups is 1. The molecule has 1 unspecified atom stereocenters. The highest BCUT2D eigenvalue weighted by molar-refractivity contribution is 8.00. The summed E-state index contributed by atoms with van der Waals surface area (Å²) in [5.74, 6) is 0.197. The maximum atomic E-state index is 12.4. The van der Waals surface area contributed by atoms with E-state index in [4.69, 9.17) is 0 Å². The lowest BCUT2D eigenvalue weighted by atomic mass is 9.92. The molecule has 1 rings (SSSR count). The summed E-state index contributed by atoms with van der Waals surface area (Å²) < 4.78 is 0.198. The van der Waals surface area contributed by atoms with Gasteiger partial charge in [0, 0.05) is 11.3 Å².